The fourth-order valence-corrected chi connectivity index (χ4v) is 2.67. The fourth-order valence-electron chi connectivity index (χ4n) is 2.67. The zero-order chi connectivity index (χ0) is 12.6. The number of carbonyl (C=O) groups excluding carboxylic acids is 2. The minimum absolute atomic E-state index is 0.0509. The molecule has 2 atom stereocenters. The fraction of sp³-hybridized carbons (Fsp3) is 0.846. The Kier molecular flexibility index (Phi) is 3.15. The monoisotopic (exact) mass is 239 g/mol. The van der Waals surface area contributed by atoms with E-state index < -0.39 is 5.60 Å². The molecule has 1 amide bonds. The van der Waals surface area contributed by atoms with E-state index in [1.54, 1.807) is 4.90 Å². The Bertz CT molecular complexity index is 316. The second kappa shape index (κ2) is 4.31. The first-order valence-corrected chi connectivity index (χ1v) is 6.38. The van der Waals surface area contributed by atoms with Crippen molar-refractivity contribution in [2.75, 3.05) is 13.1 Å². The zero-order valence-corrected chi connectivity index (χ0v) is 10.9. The van der Waals surface area contributed by atoms with Crippen LogP contribution in [-0.2, 0) is 9.53 Å². The molecular weight excluding hydrogens is 218 g/mol. The minimum Gasteiger partial charge on any atom is -0.444 e. The molecule has 0 spiro atoms. The van der Waals surface area contributed by atoms with Crippen molar-refractivity contribution in [3.05, 3.63) is 0 Å². The van der Waals surface area contributed by atoms with Gasteiger partial charge in [-0.3, -0.25) is 4.79 Å². The first-order valence-electron chi connectivity index (χ1n) is 6.38. The van der Waals surface area contributed by atoms with Crippen LogP contribution in [0.4, 0.5) is 4.79 Å². The van der Waals surface area contributed by atoms with Crippen molar-refractivity contribution in [3.63, 3.8) is 0 Å². The minimum atomic E-state index is -0.465. The lowest BCUT2D eigenvalue weighted by Crippen LogP contribution is -2.52. The van der Waals surface area contributed by atoms with Gasteiger partial charge in [0.2, 0.25) is 0 Å². The molecule has 17 heavy (non-hydrogen) atoms. The highest BCUT2D eigenvalue weighted by Crippen LogP contribution is 2.32. The standard InChI is InChI=1S/C13H21NO3/c1-13(2,3)17-12(16)14-7-9-5-4-6-10(8-14)11(9)15/h9-10H,4-8H2,1-3H3/t9-,10+. The van der Waals surface area contributed by atoms with Crippen molar-refractivity contribution in [3.8, 4) is 0 Å². The van der Waals surface area contributed by atoms with Gasteiger partial charge >= 0.3 is 6.09 Å². The van der Waals surface area contributed by atoms with Crippen LogP contribution >= 0.6 is 0 Å². The van der Waals surface area contributed by atoms with Crippen molar-refractivity contribution >= 4 is 11.9 Å². The molecule has 0 aromatic carbocycles. The summed E-state index contributed by atoms with van der Waals surface area (Å²) in [6, 6.07) is 0. The van der Waals surface area contributed by atoms with Gasteiger partial charge in [0.25, 0.3) is 0 Å². The summed E-state index contributed by atoms with van der Waals surface area (Å²) in [7, 11) is 0. The van der Waals surface area contributed by atoms with E-state index in [9.17, 15) is 9.59 Å². The maximum absolute atomic E-state index is 11.9. The van der Waals surface area contributed by atoms with Crippen molar-refractivity contribution in [2.45, 2.75) is 45.6 Å². The number of hydrogen-bond donors (Lipinski definition) is 0. The van der Waals surface area contributed by atoms with Crippen molar-refractivity contribution in [1.29, 1.82) is 0 Å². The Morgan fingerprint density at radius 3 is 2.24 bits per heavy atom. The number of rotatable bonds is 0. The van der Waals surface area contributed by atoms with Crippen LogP contribution in [0.5, 0.6) is 0 Å². The Morgan fingerprint density at radius 1 is 1.24 bits per heavy atom. The number of fused-ring (bicyclic) bond motifs is 2. The lowest BCUT2D eigenvalue weighted by molar-refractivity contribution is -0.133. The van der Waals surface area contributed by atoms with Gasteiger partial charge in [0.05, 0.1) is 0 Å². The molecule has 0 N–H and O–H groups in total. The van der Waals surface area contributed by atoms with Gasteiger partial charge in [-0.05, 0) is 33.6 Å². The molecule has 1 aliphatic heterocycles. The highest BCUT2D eigenvalue weighted by atomic mass is 16.6. The van der Waals surface area contributed by atoms with Gasteiger partial charge in [-0.2, -0.15) is 0 Å². The van der Waals surface area contributed by atoms with E-state index in [2.05, 4.69) is 0 Å². The molecule has 2 aliphatic rings. The molecule has 0 unspecified atom stereocenters. The van der Waals surface area contributed by atoms with E-state index in [0.717, 1.165) is 19.3 Å². The molecule has 1 saturated carbocycles. The molecule has 1 saturated heterocycles. The number of piperidine rings is 1. The topological polar surface area (TPSA) is 46.6 Å². The van der Waals surface area contributed by atoms with Crippen LogP contribution in [0.1, 0.15) is 40.0 Å². The molecule has 2 rings (SSSR count). The van der Waals surface area contributed by atoms with Gasteiger partial charge in [0.15, 0.2) is 0 Å². The second-order valence-corrected chi connectivity index (χ2v) is 6.11. The third-order valence-electron chi connectivity index (χ3n) is 3.44. The molecule has 4 heteroatoms. The number of amides is 1. The molecule has 1 aliphatic carbocycles. The smallest absolute Gasteiger partial charge is 0.410 e. The second-order valence-electron chi connectivity index (χ2n) is 6.11. The number of Topliss-reactive ketones (excluding diaryl/α,β-unsaturated/α-hetero) is 1. The van der Waals surface area contributed by atoms with Crippen molar-refractivity contribution < 1.29 is 14.3 Å². The SMILES string of the molecule is CC(C)(C)OC(=O)N1C[C@H]2CCC[C@@H](C1)C2=O. The predicted octanol–water partition coefficient (Wildman–Crippen LogP) is 2.22. The molecule has 0 aromatic heterocycles. The van der Waals surface area contributed by atoms with Gasteiger partial charge in [-0.1, -0.05) is 6.42 Å². The van der Waals surface area contributed by atoms with Gasteiger partial charge in [-0.25, -0.2) is 4.79 Å². The summed E-state index contributed by atoms with van der Waals surface area (Å²) >= 11 is 0. The average molecular weight is 239 g/mol. The summed E-state index contributed by atoms with van der Waals surface area (Å²) in [4.78, 5) is 25.5. The Hall–Kier alpha value is -1.06. The first-order chi connectivity index (χ1) is 7.87. The van der Waals surface area contributed by atoms with Crippen molar-refractivity contribution in [2.24, 2.45) is 11.8 Å². The van der Waals surface area contributed by atoms with Crippen LogP contribution in [0.3, 0.4) is 0 Å². The number of hydrogen-bond acceptors (Lipinski definition) is 3. The quantitative estimate of drug-likeness (QED) is 0.651. The third-order valence-corrected chi connectivity index (χ3v) is 3.44. The first kappa shape index (κ1) is 12.4. The number of nitrogens with zero attached hydrogens (tertiary/aromatic N) is 1. The van der Waals surface area contributed by atoms with Crippen molar-refractivity contribution in [1.82, 2.24) is 4.90 Å². The molecule has 0 radical (unpaired) electrons. The molecular formula is C13H21NO3. The van der Waals surface area contributed by atoms with Crippen LogP contribution < -0.4 is 0 Å². The van der Waals surface area contributed by atoms with Crippen LogP contribution in [-0.4, -0.2) is 35.5 Å². The van der Waals surface area contributed by atoms with Crippen LogP contribution in [0.25, 0.3) is 0 Å². The predicted molar refractivity (Wildman–Crippen MR) is 63.6 cm³/mol. The van der Waals surface area contributed by atoms with Gasteiger partial charge in [0, 0.05) is 24.9 Å². The molecule has 2 bridgehead atoms. The highest BCUT2D eigenvalue weighted by Gasteiger charge is 2.40. The third kappa shape index (κ3) is 2.79. The average Bonchev–Trinajstić information content (AvgIpc) is 2.13. The van der Waals surface area contributed by atoms with E-state index in [1.807, 2.05) is 20.8 Å². The van der Waals surface area contributed by atoms with Gasteiger partial charge < -0.3 is 9.64 Å². The van der Waals surface area contributed by atoms with E-state index in [0.29, 0.717) is 18.9 Å². The maximum Gasteiger partial charge on any atom is 0.410 e. The summed E-state index contributed by atoms with van der Waals surface area (Å²) in [5, 5.41) is 0. The highest BCUT2D eigenvalue weighted by molar-refractivity contribution is 5.86. The number of ketones is 1. The Balaban J connectivity index is 2.00. The van der Waals surface area contributed by atoms with Crippen LogP contribution in [0.2, 0.25) is 0 Å². The summed E-state index contributed by atoms with van der Waals surface area (Å²) in [6.45, 7) is 6.68. The van der Waals surface area contributed by atoms with Gasteiger partial charge in [-0.15, -0.1) is 0 Å². The molecule has 96 valence electrons. The number of ether oxygens (including phenoxy) is 1. The van der Waals surface area contributed by atoms with E-state index in [4.69, 9.17) is 4.74 Å². The van der Waals surface area contributed by atoms with Crippen LogP contribution in [0, 0.1) is 11.8 Å². The lowest BCUT2D eigenvalue weighted by atomic mass is 9.77. The summed E-state index contributed by atoms with van der Waals surface area (Å²) in [5.74, 6) is 0.459. The zero-order valence-electron chi connectivity index (χ0n) is 10.9. The maximum atomic E-state index is 11.9. The van der Waals surface area contributed by atoms with Gasteiger partial charge in [0.1, 0.15) is 11.4 Å². The Labute approximate surface area is 102 Å². The summed E-state index contributed by atoms with van der Waals surface area (Å²) in [5.41, 5.74) is -0.465. The number of carbonyl (C=O) groups is 2. The summed E-state index contributed by atoms with van der Waals surface area (Å²) in [6.07, 6.45) is 2.69. The van der Waals surface area contributed by atoms with E-state index in [-0.39, 0.29) is 17.9 Å². The Morgan fingerprint density at radius 2 is 1.76 bits per heavy atom. The van der Waals surface area contributed by atoms with Crippen LogP contribution in [0.15, 0.2) is 0 Å². The summed E-state index contributed by atoms with van der Waals surface area (Å²) < 4.78 is 5.35. The molecule has 0 aromatic rings. The van der Waals surface area contributed by atoms with E-state index in [1.165, 1.54) is 0 Å². The molecule has 4 nitrogen and oxygen atoms in total. The lowest BCUT2D eigenvalue weighted by Gasteiger charge is -2.40. The molecule has 2 fully saturated rings. The molecule has 1 heterocycles. The van der Waals surface area contributed by atoms with E-state index >= 15 is 0 Å². The largest absolute Gasteiger partial charge is 0.444 e. The normalized spacial score (nSPS) is 29.1. The number of likely N-dealkylation sites (tertiary alicyclic amines) is 1.